The van der Waals surface area contributed by atoms with Crippen molar-refractivity contribution < 1.29 is 32.2 Å². The van der Waals surface area contributed by atoms with Gasteiger partial charge in [0.1, 0.15) is 0 Å². The van der Waals surface area contributed by atoms with E-state index >= 15 is 0 Å². The molecule has 0 radical (unpaired) electrons. The molecule has 1 saturated heterocycles. The van der Waals surface area contributed by atoms with E-state index < -0.39 is 22.0 Å². The Morgan fingerprint density at radius 1 is 0.970 bits per heavy atom. The second-order valence-electron chi connectivity index (χ2n) is 7.39. The van der Waals surface area contributed by atoms with Crippen LogP contribution in [0.5, 0.6) is 11.5 Å². The lowest BCUT2D eigenvalue weighted by Gasteiger charge is -2.31. The van der Waals surface area contributed by atoms with Gasteiger partial charge in [-0.3, -0.25) is 0 Å². The second-order valence-corrected chi connectivity index (χ2v) is 9.33. The molecule has 1 aliphatic rings. The highest BCUT2D eigenvalue weighted by atomic mass is 32.2. The zero-order valence-electron chi connectivity index (χ0n) is 18.7. The van der Waals surface area contributed by atoms with Gasteiger partial charge in [-0.1, -0.05) is 12.1 Å². The summed E-state index contributed by atoms with van der Waals surface area (Å²) in [4.78, 5) is 26.1. The fourth-order valence-electron chi connectivity index (χ4n) is 3.22. The van der Waals surface area contributed by atoms with E-state index in [4.69, 9.17) is 9.47 Å². The van der Waals surface area contributed by atoms with Crippen LogP contribution in [0.4, 0.5) is 0 Å². The third kappa shape index (κ3) is 5.98. The van der Waals surface area contributed by atoms with Gasteiger partial charge in [0.2, 0.25) is 10.0 Å². The Hall–Kier alpha value is -3.21. The van der Waals surface area contributed by atoms with Crippen molar-refractivity contribution >= 4 is 28.0 Å². The van der Waals surface area contributed by atoms with Crippen LogP contribution in [0.15, 0.2) is 53.4 Å². The van der Waals surface area contributed by atoms with Crippen LogP contribution in [0.3, 0.4) is 0 Å². The van der Waals surface area contributed by atoms with Gasteiger partial charge in [-0.25, -0.2) is 18.0 Å². The average molecular weight is 475 g/mol. The number of hydrogen-bond donors (Lipinski definition) is 0. The minimum absolute atomic E-state index is 0.0387. The molecule has 0 bridgehead atoms. The monoisotopic (exact) mass is 474 g/mol. The molecule has 9 nitrogen and oxygen atoms in total. The van der Waals surface area contributed by atoms with Crippen molar-refractivity contribution in [1.82, 2.24) is 9.21 Å². The van der Waals surface area contributed by atoms with Gasteiger partial charge in [0.25, 0.3) is 0 Å². The van der Waals surface area contributed by atoms with Gasteiger partial charge in [0.15, 0.2) is 11.5 Å². The molecule has 3 rings (SSSR count). The summed E-state index contributed by atoms with van der Waals surface area (Å²) in [6.45, 7) is 2.07. The number of sulfonamides is 1. The van der Waals surface area contributed by atoms with E-state index in [1.54, 1.807) is 12.1 Å². The van der Waals surface area contributed by atoms with Crippen molar-refractivity contribution in [2.45, 2.75) is 4.90 Å². The molecule has 33 heavy (non-hydrogen) atoms. The number of carbonyl (C=O) groups excluding carboxylic acids is 2. The first-order chi connectivity index (χ1) is 15.7. The molecule has 2 aromatic rings. The van der Waals surface area contributed by atoms with Gasteiger partial charge < -0.3 is 19.1 Å². The third-order valence-corrected chi connectivity index (χ3v) is 7.07. The number of ether oxygens (including phenoxy) is 3. The molecule has 10 heteroatoms. The van der Waals surface area contributed by atoms with Gasteiger partial charge in [0.05, 0.1) is 24.7 Å². The first-order valence-corrected chi connectivity index (χ1v) is 11.6. The lowest BCUT2D eigenvalue weighted by atomic mass is 10.2. The SMILES string of the molecule is COC(=O)/C=C/c1ccc(OC(=O)c2cccc(S(=O)(=O)N3CCN(C)CC3)c2)c(OC)c1. The fourth-order valence-corrected chi connectivity index (χ4v) is 4.69. The number of carbonyl (C=O) groups is 2. The first kappa shape index (κ1) is 24.4. The van der Waals surface area contributed by atoms with Crippen LogP contribution in [0, 0.1) is 0 Å². The van der Waals surface area contributed by atoms with Crippen molar-refractivity contribution in [1.29, 1.82) is 0 Å². The van der Waals surface area contributed by atoms with E-state index in [9.17, 15) is 18.0 Å². The molecule has 0 aromatic heterocycles. The Labute approximate surface area is 193 Å². The molecular weight excluding hydrogens is 448 g/mol. The predicted molar refractivity (Wildman–Crippen MR) is 122 cm³/mol. The lowest BCUT2D eigenvalue weighted by molar-refractivity contribution is -0.134. The maximum Gasteiger partial charge on any atom is 0.343 e. The highest BCUT2D eigenvalue weighted by molar-refractivity contribution is 7.89. The summed E-state index contributed by atoms with van der Waals surface area (Å²) in [7, 11) is 0.921. The minimum Gasteiger partial charge on any atom is -0.493 e. The van der Waals surface area contributed by atoms with E-state index in [-0.39, 0.29) is 22.0 Å². The molecule has 1 aliphatic heterocycles. The molecule has 0 atom stereocenters. The predicted octanol–water partition coefficient (Wildman–Crippen LogP) is 2.04. The Bertz CT molecular complexity index is 1150. The number of esters is 2. The van der Waals surface area contributed by atoms with Crippen LogP contribution >= 0.6 is 0 Å². The normalized spacial score (nSPS) is 15.4. The van der Waals surface area contributed by atoms with Crippen LogP contribution in [0.1, 0.15) is 15.9 Å². The molecule has 1 heterocycles. The summed E-state index contributed by atoms with van der Waals surface area (Å²) in [5, 5.41) is 0. The van der Waals surface area contributed by atoms with Crippen molar-refractivity contribution in [3.05, 3.63) is 59.7 Å². The standard InChI is InChI=1S/C23H26N2O7S/c1-24-11-13-25(14-12-24)33(28,29)19-6-4-5-18(16-19)23(27)32-20-9-7-17(15-21(20)30-2)8-10-22(26)31-3/h4-10,15-16H,11-14H2,1-3H3/b10-8+. The Balaban J connectivity index is 1.78. The lowest BCUT2D eigenvalue weighted by Crippen LogP contribution is -2.47. The minimum atomic E-state index is -3.72. The molecule has 0 spiro atoms. The maximum absolute atomic E-state index is 13.0. The van der Waals surface area contributed by atoms with Crippen LogP contribution in [0.25, 0.3) is 6.08 Å². The quantitative estimate of drug-likeness (QED) is 0.341. The van der Waals surface area contributed by atoms with Crippen molar-refractivity contribution in [3.63, 3.8) is 0 Å². The molecule has 0 N–H and O–H groups in total. The summed E-state index contributed by atoms with van der Waals surface area (Å²) in [5.41, 5.74) is 0.735. The highest BCUT2D eigenvalue weighted by Crippen LogP contribution is 2.29. The topological polar surface area (TPSA) is 102 Å². The zero-order valence-corrected chi connectivity index (χ0v) is 19.5. The van der Waals surface area contributed by atoms with Crippen molar-refractivity contribution in [3.8, 4) is 11.5 Å². The van der Waals surface area contributed by atoms with Gasteiger partial charge in [-0.05, 0) is 49.0 Å². The Morgan fingerprint density at radius 3 is 2.36 bits per heavy atom. The largest absolute Gasteiger partial charge is 0.493 e. The van der Waals surface area contributed by atoms with E-state index in [0.29, 0.717) is 31.7 Å². The molecule has 1 fully saturated rings. The summed E-state index contributed by atoms with van der Waals surface area (Å²) >= 11 is 0. The molecule has 0 unspecified atom stereocenters. The number of methoxy groups -OCH3 is 2. The number of hydrogen-bond acceptors (Lipinski definition) is 8. The van der Waals surface area contributed by atoms with E-state index in [1.165, 1.54) is 61.0 Å². The van der Waals surface area contributed by atoms with Crippen LogP contribution in [-0.2, 0) is 19.6 Å². The Kier molecular flexibility index (Phi) is 7.85. The molecule has 0 saturated carbocycles. The average Bonchev–Trinajstić information content (AvgIpc) is 2.83. The number of piperazine rings is 1. The van der Waals surface area contributed by atoms with Gasteiger partial charge in [-0.2, -0.15) is 4.31 Å². The second kappa shape index (κ2) is 10.6. The Morgan fingerprint density at radius 2 is 1.70 bits per heavy atom. The summed E-state index contributed by atoms with van der Waals surface area (Å²) in [6, 6.07) is 10.5. The van der Waals surface area contributed by atoms with Crippen LogP contribution < -0.4 is 9.47 Å². The number of rotatable bonds is 7. The summed E-state index contributed by atoms with van der Waals surface area (Å²) in [6.07, 6.45) is 2.79. The summed E-state index contributed by atoms with van der Waals surface area (Å²) in [5.74, 6) is -0.793. The number of nitrogens with zero attached hydrogens (tertiary/aromatic N) is 2. The van der Waals surface area contributed by atoms with Crippen LogP contribution in [0.2, 0.25) is 0 Å². The zero-order chi connectivity index (χ0) is 24.0. The fraction of sp³-hybridized carbons (Fsp3) is 0.304. The molecule has 176 valence electrons. The van der Waals surface area contributed by atoms with E-state index in [2.05, 4.69) is 9.64 Å². The van der Waals surface area contributed by atoms with Gasteiger partial charge in [-0.15, -0.1) is 0 Å². The van der Waals surface area contributed by atoms with Gasteiger partial charge >= 0.3 is 11.9 Å². The molecule has 0 aliphatic carbocycles. The van der Waals surface area contributed by atoms with E-state index in [0.717, 1.165) is 0 Å². The highest BCUT2D eigenvalue weighted by Gasteiger charge is 2.28. The molecule has 2 aromatic carbocycles. The third-order valence-electron chi connectivity index (χ3n) is 5.17. The van der Waals surface area contributed by atoms with Crippen LogP contribution in [-0.4, -0.2) is 77.0 Å². The first-order valence-electron chi connectivity index (χ1n) is 10.2. The van der Waals surface area contributed by atoms with Crippen molar-refractivity contribution in [2.75, 3.05) is 47.4 Å². The van der Waals surface area contributed by atoms with E-state index in [1.807, 2.05) is 7.05 Å². The molecular formula is C23H26N2O7S. The smallest absolute Gasteiger partial charge is 0.343 e. The number of benzene rings is 2. The maximum atomic E-state index is 13.0. The summed E-state index contributed by atoms with van der Waals surface area (Å²) < 4.78 is 42.7. The number of likely N-dealkylation sites (N-methyl/N-ethyl adjacent to an activating group) is 1. The van der Waals surface area contributed by atoms with Crippen molar-refractivity contribution in [2.24, 2.45) is 0 Å². The van der Waals surface area contributed by atoms with Gasteiger partial charge in [0, 0.05) is 32.3 Å². The molecule has 0 amide bonds.